The van der Waals surface area contributed by atoms with Crippen LogP contribution in [0, 0.1) is 0 Å². The molecular formula is C32H40F6N4. The summed E-state index contributed by atoms with van der Waals surface area (Å²) in [5.41, 5.74) is 1.50. The first-order chi connectivity index (χ1) is 19.5. The number of alkyl halides is 6. The maximum atomic E-state index is 13.5. The Morgan fingerprint density at radius 2 is 1.52 bits per heavy atom. The first-order valence-corrected chi connectivity index (χ1v) is 13.6. The number of hydrogen-bond donors (Lipinski definition) is 0. The second kappa shape index (κ2) is 14.6. The predicted octanol–water partition coefficient (Wildman–Crippen LogP) is 8.90. The third-order valence-corrected chi connectivity index (χ3v) is 6.60. The van der Waals surface area contributed by atoms with Crippen LogP contribution in [-0.2, 0) is 18.9 Å². The van der Waals surface area contributed by atoms with Gasteiger partial charge >= 0.3 is 12.4 Å². The van der Waals surface area contributed by atoms with Gasteiger partial charge in [0.15, 0.2) is 0 Å². The van der Waals surface area contributed by atoms with Gasteiger partial charge in [-0.25, -0.2) is 0 Å². The van der Waals surface area contributed by atoms with Crippen molar-refractivity contribution in [3.05, 3.63) is 94.8 Å². The largest absolute Gasteiger partial charge is 0.416 e. The van der Waals surface area contributed by atoms with E-state index in [4.69, 9.17) is 0 Å². The van der Waals surface area contributed by atoms with Crippen molar-refractivity contribution in [2.24, 2.45) is 0 Å². The summed E-state index contributed by atoms with van der Waals surface area (Å²) >= 11 is 0. The first kappa shape index (κ1) is 34.7. The summed E-state index contributed by atoms with van der Waals surface area (Å²) in [6.07, 6.45) is -6.23. The van der Waals surface area contributed by atoms with Crippen LogP contribution in [0.2, 0.25) is 0 Å². The van der Waals surface area contributed by atoms with E-state index < -0.39 is 23.5 Å². The number of aromatic nitrogens is 2. The fourth-order valence-electron chi connectivity index (χ4n) is 4.20. The highest BCUT2D eigenvalue weighted by Crippen LogP contribution is 2.37. The molecule has 0 spiro atoms. The SMILES string of the molecule is C=C(/C(C)=C/c1ccc2nn(Cc3ccc(C(F)(F)F)cc3C(F)(F)F)cc2c1)N(C)CCN(CC)CC.C=C(C)C. The minimum atomic E-state index is -4.93. The van der Waals surface area contributed by atoms with E-state index in [1.807, 2.05) is 46.0 Å². The van der Waals surface area contributed by atoms with Crippen LogP contribution >= 0.6 is 0 Å². The molecule has 0 saturated carbocycles. The van der Waals surface area contributed by atoms with E-state index in [2.05, 4.69) is 41.9 Å². The molecule has 0 aliphatic rings. The molecule has 0 unspecified atom stereocenters. The van der Waals surface area contributed by atoms with Crippen LogP contribution in [0.3, 0.4) is 0 Å². The van der Waals surface area contributed by atoms with Crippen molar-refractivity contribution in [1.29, 1.82) is 0 Å². The van der Waals surface area contributed by atoms with Gasteiger partial charge in [-0.15, -0.1) is 6.58 Å². The van der Waals surface area contributed by atoms with Crippen LogP contribution in [0.25, 0.3) is 17.0 Å². The van der Waals surface area contributed by atoms with Gasteiger partial charge in [-0.05, 0) is 80.9 Å². The smallest absolute Gasteiger partial charge is 0.374 e. The molecule has 1 aromatic heterocycles. The van der Waals surface area contributed by atoms with Crippen molar-refractivity contribution in [3.8, 4) is 0 Å². The number of fused-ring (bicyclic) bond motifs is 1. The van der Waals surface area contributed by atoms with Crippen LogP contribution in [-0.4, -0.2) is 52.8 Å². The maximum Gasteiger partial charge on any atom is 0.416 e. The summed E-state index contributed by atoms with van der Waals surface area (Å²) in [6, 6.07) is 7.14. The molecule has 10 heteroatoms. The third kappa shape index (κ3) is 10.1. The van der Waals surface area contributed by atoms with E-state index in [0.29, 0.717) is 17.0 Å². The Bertz CT molecular complexity index is 1390. The number of hydrogen-bond acceptors (Lipinski definition) is 3. The molecule has 0 N–H and O–H groups in total. The summed E-state index contributed by atoms with van der Waals surface area (Å²) in [7, 11) is 1.99. The zero-order chi connectivity index (χ0) is 31.8. The van der Waals surface area contributed by atoms with Crippen molar-refractivity contribution in [1.82, 2.24) is 19.6 Å². The molecule has 0 atom stereocenters. The molecule has 3 rings (SSSR count). The molecule has 0 radical (unpaired) electrons. The Morgan fingerprint density at radius 1 is 0.905 bits per heavy atom. The average molecular weight is 595 g/mol. The van der Waals surface area contributed by atoms with E-state index >= 15 is 0 Å². The lowest BCUT2D eigenvalue weighted by molar-refractivity contribution is -0.143. The number of allylic oxidation sites excluding steroid dienone is 2. The van der Waals surface area contributed by atoms with Crippen molar-refractivity contribution in [2.45, 2.75) is 53.5 Å². The standard InChI is InChI=1S/C28H32F6N4.C4H8/c1-6-37(7-2)13-12-36(5)20(4)19(3)14-21-8-11-26-23(15-21)18-38(35-26)17-22-9-10-24(27(29,30)31)16-25(22)28(32,33)34;1-4(2)3/h8-11,14-16,18H,4,6-7,12-13,17H2,1-3,5H3;1H2,2-3H3/b19-14+;. The molecule has 0 bridgehead atoms. The van der Waals surface area contributed by atoms with Crippen LogP contribution in [0.15, 0.2) is 72.6 Å². The fraction of sp³-hybridized carbons (Fsp3) is 0.406. The van der Waals surface area contributed by atoms with Gasteiger partial charge in [-0.3, -0.25) is 4.68 Å². The monoisotopic (exact) mass is 594 g/mol. The minimum absolute atomic E-state index is 0.149. The highest BCUT2D eigenvalue weighted by molar-refractivity contribution is 5.81. The Morgan fingerprint density at radius 3 is 2.07 bits per heavy atom. The molecular weight excluding hydrogens is 554 g/mol. The molecule has 0 saturated heterocycles. The molecule has 1 heterocycles. The van der Waals surface area contributed by atoms with Gasteiger partial charge in [-0.2, -0.15) is 31.4 Å². The van der Waals surface area contributed by atoms with Crippen LogP contribution in [0.1, 0.15) is 56.9 Å². The van der Waals surface area contributed by atoms with Gasteiger partial charge in [0.1, 0.15) is 0 Å². The van der Waals surface area contributed by atoms with Gasteiger partial charge in [0.25, 0.3) is 0 Å². The zero-order valence-corrected chi connectivity index (χ0v) is 25.1. The summed E-state index contributed by atoms with van der Waals surface area (Å²) in [5.74, 6) is 0. The van der Waals surface area contributed by atoms with Crippen LogP contribution in [0.5, 0.6) is 0 Å². The Labute approximate surface area is 244 Å². The normalized spacial score (nSPS) is 12.4. The molecule has 0 amide bonds. The van der Waals surface area contributed by atoms with Crippen molar-refractivity contribution in [2.75, 3.05) is 33.2 Å². The summed E-state index contributed by atoms with van der Waals surface area (Å²) < 4.78 is 80.8. The Hall–Kier alpha value is -3.53. The van der Waals surface area contributed by atoms with Gasteiger partial charge in [0, 0.05) is 37.4 Å². The highest BCUT2D eigenvalue weighted by Gasteiger charge is 2.38. The lowest BCUT2D eigenvalue weighted by atomic mass is 10.0. The number of nitrogens with zero attached hydrogens (tertiary/aromatic N) is 4. The highest BCUT2D eigenvalue weighted by atomic mass is 19.4. The molecule has 230 valence electrons. The molecule has 2 aromatic carbocycles. The molecule has 0 aliphatic heterocycles. The first-order valence-electron chi connectivity index (χ1n) is 13.6. The molecule has 0 fully saturated rings. The van der Waals surface area contributed by atoms with Crippen molar-refractivity contribution >= 4 is 17.0 Å². The van der Waals surface area contributed by atoms with Crippen LogP contribution < -0.4 is 0 Å². The molecule has 0 aliphatic carbocycles. The van der Waals surface area contributed by atoms with E-state index in [-0.39, 0.29) is 18.2 Å². The fourth-order valence-corrected chi connectivity index (χ4v) is 4.20. The lowest BCUT2D eigenvalue weighted by Crippen LogP contribution is -2.32. The topological polar surface area (TPSA) is 24.3 Å². The van der Waals surface area contributed by atoms with E-state index in [0.717, 1.165) is 49.1 Å². The maximum absolute atomic E-state index is 13.5. The van der Waals surface area contributed by atoms with E-state index in [9.17, 15) is 26.3 Å². The number of rotatable bonds is 10. The second-order valence-electron chi connectivity index (χ2n) is 10.4. The van der Waals surface area contributed by atoms with Crippen molar-refractivity contribution < 1.29 is 26.3 Å². The molecule has 4 nitrogen and oxygen atoms in total. The zero-order valence-electron chi connectivity index (χ0n) is 25.1. The average Bonchev–Trinajstić information content (AvgIpc) is 3.28. The lowest BCUT2D eigenvalue weighted by Gasteiger charge is -2.26. The summed E-state index contributed by atoms with van der Waals surface area (Å²) in [4.78, 5) is 4.43. The molecule has 3 aromatic rings. The number of benzene rings is 2. The summed E-state index contributed by atoms with van der Waals surface area (Å²) in [6.45, 7) is 21.3. The Kier molecular flexibility index (Phi) is 12.0. The quantitative estimate of drug-likeness (QED) is 0.133. The number of likely N-dealkylation sites (N-methyl/N-ethyl adjacent to an activating group) is 2. The summed E-state index contributed by atoms with van der Waals surface area (Å²) in [5, 5.41) is 5.02. The van der Waals surface area contributed by atoms with Crippen molar-refractivity contribution in [3.63, 3.8) is 0 Å². The second-order valence-corrected chi connectivity index (χ2v) is 10.4. The van der Waals surface area contributed by atoms with E-state index in [1.165, 1.54) is 10.3 Å². The van der Waals surface area contributed by atoms with Gasteiger partial charge in [-0.1, -0.05) is 38.1 Å². The van der Waals surface area contributed by atoms with Gasteiger partial charge < -0.3 is 9.80 Å². The molecule has 42 heavy (non-hydrogen) atoms. The number of halogens is 6. The minimum Gasteiger partial charge on any atom is -0.374 e. The Balaban J connectivity index is 0.00000144. The van der Waals surface area contributed by atoms with Crippen LogP contribution in [0.4, 0.5) is 26.3 Å². The van der Waals surface area contributed by atoms with E-state index in [1.54, 1.807) is 12.3 Å². The predicted molar refractivity (Wildman–Crippen MR) is 159 cm³/mol. The van der Waals surface area contributed by atoms with Gasteiger partial charge in [0.05, 0.1) is 23.2 Å². The third-order valence-electron chi connectivity index (χ3n) is 6.60. The van der Waals surface area contributed by atoms with Gasteiger partial charge in [0.2, 0.25) is 0 Å².